The van der Waals surface area contributed by atoms with Crippen LogP contribution in [0.3, 0.4) is 0 Å². The zero-order valence-corrected chi connectivity index (χ0v) is 12.5. The monoisotopic (exact) mass is 318 g/mol. The van der Waals surface area contributed by atoms with Gasteiger partial charge in [0.15, 0.2) is 9.84 Å². The van der Waals surface area contributed by atoms with E-state index in [4.69, 9.17) is 11.6 Å². The van der Waals surface area contributed by atoms with Gasteiger partial charge in [0, 0.05) is 18.2 Å². The highest BCUT2D eigenvalue weighted by atomic mass is 35.5. The second kappa shape index (κ2) is 5.31. The fraction of sp³-hybridized carbons (Fsp3) is 0.500. The van der Waals surface area contributed by atoms with Gasteiger partial charge in [-0.2, -0.15) is 0 Å². The molecular formula is C12H15ClN2O4S. The predicted octanol–water partition coefficient (Wildman–Crippen LogP) is 1.92. The van der Waals surface area contributed by atoms with Crippen LogP contribution in [0.5, 0.6) is 0 Å². The zero-order chi connectivity index (χ0) is 15.0. The van der Waals surface area contributed by atoms with Gasteiger partial charge in [-0.25, -0.2) is 8.42 Å². The smallest absolute Gasteiger partial charge is 0.275 e. The highest BCUT2D eigenvalue weighted by Crippen LogP contribution is 2.28. The summed E-state index contributed by atoms with van der Waals surface area (Å²) in [5, 5.41) is 14.4. The van der Waals surface area contributed by atoms with E-state index in [1.807, 2.05) is 0 Å². The van der Waals surface area contributed by atoms with Crippen LogP contribution >= 0.6 is 11.6 Å². The Balaban J connectivity index is 2.18. The van der Waals surface area contributed by atoms with Crippen LogP contribution < -0.4 is 5.32 Å². The van der Waals surface area contributed by atoms with Crippen molar-refractivity contribution >= 4 is 27.1 Å². The first-order chi connectivity index (χ1) is 9.22. The number of rotatable bonds is 4. The van der Waals surface area contributed by atoms with Gasteiger partial charge in [0.1, 0.15) is 0 Å². The number of nitro groups is 1. The number of nitrogens with one attached hydrogen (secondary N) is 1. The molecule has 20 heavy (non-hydrogen) atoms. The van der Waals surface area contributed by atoms with Crippen LogP contribution in [0.2, 0.25) is 5.02 Å². The zero-order valence-electron chi connectivity index (χ0n) is 10.9. The summed E-state index contributed by atoms with van der Waals surface area (Å²) in [4.78, 5) is 10.5. The van der Waals surface area contributed by atoms with Crippen LogP contribution in [0.1, 0.15) is 18.9 Å². The molecule has 1 aromatic rings. The van der Waals surface area contributed by atoms with Gasteiger partial charge in [0.2, 0.25) is 0 Å². The largest absolute Gasteiger partial charge is 0.306 e. The highest BCUT2D eigenvalue weighted by Gasteiger charge is 2.38. The molecule has 1 atom stereocenters. The Kier molecular flexibility index (Phi) is 4.04. The molecule has 1 heterocycles. The number of sulfone groups is 1. The van der Waals surface area contributed by atoms with Gasteiger partial charge in [-0.1, -0.05) is 17.7 Å². The molecule has 0 aliphatic carbocycles. The minimum Gasteiger partial charge on any atom is -0.306 e. The maximum absolute atomic E-state index is 11.5. The first kappa shape index (κ1) is 15.2. The van der Waals surface area contributed by atoms with E-state index >= 15 is 0 Å². The van der Waals surface area contributed by atoms with Gasteiger partial charge < -0.3 is 5.32 Å². The number of hydrogen-bond donors (Lipinski definition) is 1. The van der Waals surface area contributed by atoms with E-state index in [0.717, 1.165) is 0 Å². The highest BCUT2D eigenvalue weighted by molar-refractivity contribution is 7.91. The molecule has 1 unspecified atom stereocenters. The van der Waals surface area contributed by atoms with Crippen molar-refractivity contribution in [2.75, 3.05) is 11.5 Å². The van der Waals surface area contributed by atoms with E-state index in [9.17, 15) is 18.5 Å². The molecule has 0 amide bonds. The third-order valence-corrected chi connectivity index (χ3v) is 5.74. The summed E-state index contributed by atoms with van der Waals surface area (Å²) in [6.45, 7) is 1.97. The molecule has 8 heteroatoms. The minimum absolute atomic E-state index is 0.0399. The van der Waals surface area contributed by atoms with E-state index in [-0.39, 0.29) is 23.7 Å². The van der Waals surface area contributed by atoms with Crippen molar-refractivity contribution in [1.29, 1.82) is 0 Å². The standard InChI is InChI=1S/C12H15ClN2O4S/c1-12(5-6-20(18,19)8-12)14-7-9-10(13)3-2-4-11(9)15(16)17/h2-4,14H,5-8H2,1H3. The Labute approximate surface area is 122 Å². The number of nitro benzene ring substituents is 1. The Hall–Kier alpha value is -1.18. The lowest BCUT2D eigenvalue weighted by Gasteiger charge is -2.24. The average Bonchev–Trinajstić information content (AvgIpc) is 2.62. The molecule has 1 aliphatic rings. The molecule has 1 saturated heterocycles. The average molecular weight is 319 g/mol. The fourth-order valence-electron chi connectivity index (χ4n) is 2.34. The van der Waals surface area contributed by atoms with Gasteiger partial charge in [0.25, 0.3) is 5.69 Å². The lowest BCUT2D eigenvalue weighted by Crippen LogP contribution is -2.43. The lowest BCUT2D eigenvalue weighted by atomic mass is 10.0. The van der Waals surface area contributed by atoms with E-state index in [2.05, 4.69) is 5.32 Å². The van der Waals surface area contributed by atoms with E-state index in [1.54, 1.807) is 13.0 Å². The van der Waals surface area contributed by atoms with Gasteiger partial charge in [-0.05, 0) is 19.4 Å². The molecule has 0 saturated carbocycles. The minimum atomic E-state index is -3.02. The molecule has 1 aliphatic heterocycles. The molecule has 1 aromatic carbocycles. The maximum atomic E-state index is 11.5. The molecule has 0 bridgehead atoms. The van der Waals surface area contributed by atoms with Crippen molar-refractivity contribution in [3.05, 3.63) is 38.9 Å². The fourth-order valence-corrected chi connectivity index (χ4v) is 4.70. The molecule has 1 fully saturated rings. The van der Waals surface area contributed by atoms with Crippen LogP contribution in [0.15, 0.2) is 18.2 Å². The molecule has 2 rings (SSSR count). The first-order valence-electron chi connectivity index (χ1n) is 6.10. The first-order valence-corrected chi connectivity index (χ1v) is 8.30. The second-order valence-corrected chi connectivity index (χ2v) is 7.84. The molecule has 0 radical (unpaired) electrons. The molecule has 1 N–H and O–H groups in total. The number of halogens is 1. The molecule has 0 spiro atoms. The van der Waals surface area contributed by atoms with Gasteiger partial charge in [-0.3, -0.25) is 10.1 Å². The summed E-state index contributed by atoms with van der Waals surface area (Å²) < 4.78 is 23.1. The molecular weight excluding hydrogens is 304 g/mol. The van der Waals surface area contributed by atoms with Crippen molar-refractivity contribution < 1.29 is 13.3 Å². The molecule has 0 aromatic heterocycles. The Morgan fingerprint density at radius 2 is 2.20 bits per heavy atom. The topological polar surface area (TPSA) is 89.3 Å². The van der Waals surface area contributed by atoms with Crippen molar-refractivity contribution in [3.8, 4) is 0 Å². The van der Waals surface area contributed by atoms with E-state index < -0.39 is 20.3 Å². The van der Waals surface area contributed by atoms with Crippen molar-refractivity contribution in [2.24, 2.45) is 0 Å². The third-order valence-electron chi connectivity index (χ3n) is 3.49. The van der Waals surface area contributed by atoms with Crippen molar-refractivity contribution in [3.63, 3.8) is 0 Å². The summed E-state index contributed by atoms with van der Waals surface area (Å²) in [5.41, 5.74) is -0.245. The van der Waals surface area contributed by atoms with Gasteiger partial charge in [0.05, 0.1) is 27.0 Å². The van der Waals surface area contributed by atoms with Crippen molar-refractivity contribution in [1.82, 2.24) is 5.32 Å². The van der Waals surface area contributed by atoms with Crippen LogP contribution in [0.4, 0.5) is 5.69 Å². The summed E-state index contributed by atoms with van der Waals surface area (Å²) in [7, 11) is -3.02. The van der Waals surface area contributed by atoms with Gasteiger partial charge >= 0.3 is 0 Å². The van der Waals surface area contributed by atoms with Crippen LogP contribution in [-0.4, -0.2) is 30.4 Å². The number of benzene rings is 1. The third kappa shape index (κ3) is 3.28. The Bertz CT molecular complexity index is 647. The predicted molar refractivity (Wildman–Crippen MR) is 76.6 cm³/mol. The van der Waals surface area contributed by atoms with E-state index in [1.165, 1.54) is 12.1 Å². The molecule has 110 valence electrons. The number of nitrogens with zero attached hydrogens (tertiary/aromatic N) is 1. The van der Waals surface area contributed by atoms with Crippen molar-refractivity contribution in [2.45, 2.75) is 25.4 Å². The van der Waals surface area contributed by atoms with Crippen LogP contribution in [-0.2, 0) is 16.4 Å². The second-order valence-electron chi connectivity index (χ2n) is 5.25. The molecule has 6 nitrogen and oxygen atoms in total. The SMILES string of the molecule is CC1(NCc2c(Cl)cccc2[N+](=O)[O-])CCS(=O)(=O)C1. The normalized spacial score (nSPS) is 24.7. The van der Waals surface area contributed by atoms with Gasteiger partial charge in [-0.15, -0.1) is 0 Å². The van der Waals surface area contributed by atoms with Crippen LogP contribution in [0.25, 0.3) is 0 Å². The Morgan fingerprint density at radius 1 is 1.50 bits per heavy atom. The Morgan fingerprint density at radius 3 is 2.75 bits per heavy atom. The van der Waals surface area contributed by atoms with Crippen LogP contribution in [0, 0.1) is 10.1 Å². The maximum Gasteiger partial charge on any atom is 0.275 e. The summed E-state index contributed by atoms with van der Waals surface area (Å²) in [6.07, 6.45) is 0.494. The quantitative estimate of drug-likeness (QED) is 0.676. The van der Waals surface area contributed by atoms with E-state index in [0.29, 0.717) is 17.0 Å². The number of hydrogen-bond acceptors (Lipinski definition) is 5. The summed E-state index contributed by atoms with van der Waals surface area (Å²) >= 11 is 6.00. The summed E-state index contributed by atoms with van der Waals surface area (Å²) in [6, 6.07) is 4.49. The lowest BCUT2D eigenvalue weighted by molar-refractivity contribution is -0.385. The summed E-state index contributed by atoms with van der Waals surface area (Å²) in [5.74, 6) is 0.180.